The van der Waals surface area contributed by atoms with Crippen molar-refractivity contribution in [1.29, 1.82) is 0 Å². The number of nitrogens with zero attached hydrogens (tertiary/aromatic N) is 2. The molecule has 2 heteroatoms. The molecule has 0 radical (unpaired) electrons. The molecule has 0 unspecified atom stereocenters. The van der Waals surface area contributed by atoms with Crippen LogP contribution in [0.2, 0.25) is 0 Å². The van der Waals surface area contributed by atoms with E-state index in [0.717, 1.165) is 49.2 Å². The molecule has 0 spiro atoms. The zero-order valence-electron chi connectivity index (χ0n) is 28.8. The highest BCUT2D eigenvalue weighted by molar-refractivity contribution is 5.82. The highest BCUT2D eigenvalue weighted by Crippen LogP contribution is 2.38. The summed E-state index contributed by atoms with van der Waals surface area (Å²) in [6.45, 7) is 0. The Hall–Kier alpha value is -5.34. The van der Waals surface area contributed by atoms with Crippen molar-refractivity contribution in [1.82, 2.24) is 4.57 Å². The molecule has 0 fully saturated rings. The van der Waals surface area contributed by atoms with E-state index < -0.39 is 0 Å². The summed E-state index contributed by atoms with van der Waals surface area (Å²) in [5, 5.41) is 2.92. The molecule has 0 N–H and O–H groups in total. The van der Waals surface area contributed by atoms with E-state index in [9.17, 15) is 0 Å². The fraction of sp³-hybridized carbons (Fsp3) is 0.208. The maximum absolute atomic E-state index is 2.56. The molecule has 1 aromatic heterocycles. The molecule has 246 valence electrons. The van der Waals surface area contributed by atoms with Crippen LogP contribution in [0, 0.1) is 0 Å². The van der Waals surface area contributed by atoms with Crippen molar-refractivity contribution >= 4 is 40.4 Å². The van der Waals surface area contributed by atoms with Crippen molar-refractivity contribution in [3.8, 4) is 16.8 Å². The molecule has 4 aliphatic rings. The van der Waals surface area contributed by atoms with Crippen LogP contribution in [0.5, 0.6) is 0 Å². The molecule has 2 nitrogen and oxygen atoms in total. The van der Waals surface area contributed by atoms with Gasteiger partial charge in [0.25, 0.3) is 0 Å². The standard InChI is InChI=1S/C48H44N2/c1-3-11-35(12-4-1)37-19-27-41(28-20-37)49(42-29-21-38(22-30-42)36-13-5-2-6-14-36)43-31-23-39(24-32-43)40-25-33-44(34-26-40)50-47-17-9-7-15-45(47)46-16-8-10-18-48(46)50/h1,3,5,11,13-15,17,19-34H,2,4,6-10,12,16,18H2. The number of hydrogen-bond acceptors (Lipinski definition) is 1. The number of allylic oxidation sites excluding steroid dienone is 8. The lowest BCUT2D eigenvalue weighted by Crippen LogP contribution is -2.31. The average Bonchev–Trinajstić information content (AvgIpc) is 3.54. The summed E-state index contributed by atoms with van der Waals surface area (Å²) in [5.41, 5.74) is 15.7. The van der Waals surface area contributed by atoms with Gasteiger partial charge in [-0.25, -0.2) is 0 Å². The van der Waals surface area contributed by atoms with Crippen LogP contribution in [0.1, 0.15) is 73.8 Å². The van der Waals surface area contributed by atoms with Crippen LogP contribution in [0.15, 0.2) is 134 Å². The summed E-state index contributed by atoms with van der Waals surface area (Å²) in [5.74, 6) is 0. The predicted octanol–water partition coefficient (Wildman–Crippen LogP) is 11.3. The summed E-state index contributed by atoms with van der Waals surface area (Å²) < 4.78 is 2.56. The highest BCUT2D eigenvalue weighted by Gasteiger charge is 2.20. The molecule has 5 aromatic rings. The molecule has 4 aromatic carbocycles. The van der Waals surface area contributed by atoms with Crippen molar-refractivity contribution in [2.45, 2.75) is 64.2 Å². The average molecular weight is 649 g/mol. The van der Waals surface area contributed by atoms with Gasteiger partial charge in [0.15, 0.2) is 0 Å². The largest absolute Gasteiger partial charge is 0.314 e. The Bertz CT molecular complexity index is 2270. The normalized spacial score (nSPS) is 16.4. The Balaban J connectivity index is 1.03. The zero-order chi connectivity index (χ0) is 33.3. The van der Waals surface area contributed by atoms with Gasteiger partial charge in [-0.05, 0) is 157 Å². The third-order valence-corrected chi connectivity index (χ3v) is 11.0. The number of rotatable bonds is 7. The van der Waals surface area contributed by atoms with E-state index in [1.165, 1.54) is 87.5 Å². The molecule has 0 saturated heterocycles. The molecule has 50 heavy (non-hydrogen) atoms. The van der Waals surface area contributed by atoms with E-state index in [-0.39, 0.29) is 0 Å². The molecular weight excluding hydrogens is 605 g/mol. The second-order valence-electron chi connectivity index (χ2n) is 14.1. The van der Waals surface area contributed by atoms with Gasteiger partial charge in [0.2, 0.25) is 0 Å². The van der Waals surface area contributed by atoms with Crippen LogP contribution in [-0.2, 0) is 12.8 Å². The fourth-order valence-electron chi connectivity index (χ4n) is 8.37. The Morgan fingerprint density at radius 1 is 0.500 bits per heavy atom. The molecule has 9 rings (SSSR count). The summed E-state index contributed by atoms with van der Waals surface area (Å²) in [7, 11) is 0. The summed E-state index contributed by atoms with van der Waals surface area (Å²) in [6, 6.07) is 36.5. The van der Waals surface area contributed by atoms with Crippen LogP contribution >= 0.6 is 0 Å². The maximum Gasteiger partial charge on any atom is 0.0491 e. The van der Waals surface area contributed by atoms with E-state index in [0.29, 0.717) is 0 Å². The summed E-state index contributed by atoms with van der Waals surface area (Å²) in [4.78, 5) is 2.38. The topological polar surface area (TPSA) is 8.17 Å². The molecule has 0 atom stereocenters. The molecular formula is C48H44N2. The third-order valence-electron chi connectivity index (χ3n) is 11.0. The SMILES string of the molecule is C1=CCCC(c2ccc(N(c3ccc(C4=CCCC=C4)cc3)c3ccc(-c4ccc(-n5c6c(c7c5=CCCC=7)CCCC6)cc4)cc3)cc2)=C1. The van der Waals surface area contributed by atoms with Gasteiger partial charge in [0.05, 0.1) is 0 Å². The first-order valence-corrected chi connectivity index (χ1v) is 18.7. The van der Waals surface area contributed by atoms with Gasteiger partial charge in [-0.3, -0.25) is 0 Å². The van der Waals surface area contributed by atoms with Gasteiger partial charge in [0, 0.05) is 33.8 Å². The van der Waals surface area contributed by atoms with E-state index in [1.807, 2.05) is 0 Å². The summed E-state index contributed by atoms with van der Waals surface area (Å²) in [6.07, 6.45) is 30.3. The lowest BCUT2D eigenvalue weighted by atomic mass is 9.95. The van der Waals surface area contributed by atoms with E-state index in [2.05, 4.69) is 155 Å². The zero-order valence-corrected chi connectivity index (χ0v) is 28.8. The number of anilines is 3. The number of aromatic nitrogens is 1. The van der Waals surface area contributed by atoms with Gasteiger partial charge in [0.1, 0.15) is 0 Å². The first-order chi connectivity index (χ1) is 24.8. The molecule has 1 heterocycles. The summed E-state index contributed by atoms with van der Waals surface area (Å²) >= 11 is 0. The molecule has 0 bridgehead atoms. The molecule has 4 aliphatic carbocycles. The smallest absolute Gasteiger partial charge is 0.0491 e. The van der Waals surface area contributed by atoms with Gasteiger partial charge in [-0.2, -0.15) is 0 Å². The van der Waals surface area contributed by atoms with Gasteiger partial charge in [-0.1, -0.05) is 97.1 Å². The van der Waals surface area contributed by atoms with Gasteiger partial charge in [-0.15, -0.1) is 0 Å². The van der Waals surface area contributed by atoms with Crippen LogP contribution in [-0.4, -0.2) is 4.57 Å². The van der Waals surface area contributed by atoms with Crippen LogP contribution < -0.4 is 15.5 Å². The van der Waals surface area contributed by atoms with Crippen LogP contribution in [0.3, 0.4) is 0 Å². The Morgan fingerprint density at radius 2 is 1.12 bits per heavy atom. The van der Waals surface area contributed by atoms with E-state index in [1.54, 1.807) is 5.56 Å². The van der Waals surface area contributed by atoms with Crippen LogP contribution in [0.25, 0.3) is 40.1 Å². The second kappa shape index (κ2) is 13.5. The minimum Gasteiger partial charge on any atom is -0.314 e. The van der Waals surface area contributed by atoms with Crippen LogP contribution in [0.4, 0.5) is 17.1 Å². The lowest BCUT2D eigenvalue weighted by molar-refractivity contribution is 0.661. The minimum absolute atomic E-state index is 1.10. The molecule has 0 aliphatic heterocycles. The van der Waals surface area contributed by atoms with Crippen molar-refractivity contribution in [2.75, 3.05) is 4.90 Å². The first kappa shape index (κ1) is 30.7. The number of hydrogen-bond donors (Lipinski definition) is 0. The third kappa shape index (κ3) is 5.83. The van der Waals surface area contributed by atoms with Crippen molar-refractivity contribution in [3.05, 3.63) is 166 Å². The Labute approximate surface area is 296 Å². The number of fused-ring (bicyclic) bond motifs is 3. The van der Waals surface area contributed by atoms with Crippen molar-refractivity contribution in [3.63, 3.8) is 0 Å². The highest BCUT2D eigenvalue weighted by atomic mass is 15.1. The lowest BCUT2D eigenvalue weighted by Gasteiger charge is -2.26. The predicted molar refractivity (Wildman–Crippen MR) is 213 cm³/mol. The quantitative estimate of drug-likeness (QED) is 0.170. The van der Waals surface area contributed by atoms with Crippen molar-refractivity contribution < 1.29 is 0 Å². The Morgan fingerprint density at radius 3 is 1.78 bits per heavy atom. The van der Waals surface area contributed by atoms with E-state index in [4.69, 9.17) is 0 Å². The second-order valence-corrected chi connectivity index (χ2v) is 14.1. The fourth-order valence-corrected chi connectivity index (χ4v) is 8.37. The minimum atomic E-state index is 1.10. The molecule has 0 amide bonds. The monoisotopic (exact) mass is 648 g/mol. The van der Waals surface area contributed by atoms with Gasteiger partial charge >= 0.3 is 0 Å². The van der Waals surface area contributed by atoms with E-state index >= 15 is 0 Å². The molecule has 0 saturated carbocycles. The van der Waals surface area contributed by atoms with Crippen molar-refractivity contribution in [2.24, 2.45) is 0 Å². The maximum atomic E-state index is 2.56. The first-order valence-electron chi connectivity index (χ1n) is 18.7. The van der Waals surface area contributed by atoms with Gasteiger partial charge < -0.3 is 9.47 Å². The Kier molecular flexibility index (Phi) is 8.30. The number of benzene rings is 4.